The molecule has 0 aromatic carbocycles. The van der Waals surface area contributed by atoms with Crippen molar-refractivity contribution in [3.63, 3.8) is 0 Å². The van der Waals surface area contributed by atoms with Crippen LogP contribution in [0.25, 0.3) is 0 Å². The number of hydrogen-bond acceptors (Lipinski definition) is 4. The molecule has 2 aromatic rings. The molecule has 0 aliphatic carbocycles. The lowest BCUT2D eigenvalue weighted by Gasteiger charge is -2.41. The van der Waals surface area contributed by atoms with E-state index in [0.29, 0.717) is 19.5 Å². The third kappa shape index (κ3) is 3.02. The van der Waals surface area contributed by atoms with Crippen LogP contribution in [0.3, 0.4) is 0 Å². The Morgan fingerprint density at radius 2 is 2.17 bits per heavy atom. The zero-order valence-electron chi connectivity index (χ0n) is 13.7. The quantitative estimate of drug-likeness (QED) is 0.891. The molecule has 7 heteroatoms. The second kappa shape index (κ2) is 6.82. The summed E-state index contributed by atoms with van der Waals surface area (Å²) >= 11 is 0. The summed E-state index contributed by atoms with van der Waals surface area (Å²) in [6.45, 7) is 0.964. The highest BCUT2D eigenvalue weighted by molar-refractivity contribution is 5.86. The summed E-state index contributed by atoms with van der Waals surface area (Å²) in [6.07, 6.45) is 6.76. The number of nitrogens with one attached hydrogen (secondary N) is 1. The van der Waals surface area contributed by atoms with Crippen LogP contribution >= 0.6 is 0 Å². The molecule has 1 fully saturated rings. The van der Waals surface area contributed by atoms with Gasteiger partial charge in [-0.3, -0.25) is 19.3 Å². The van der Waals surface area contributed by atoms with Gasteiger partial charge in [0.05, 0.1) is 13.0 Å². The lowest BCUT2D eigenvalue weighted by atomic mass is 9.87. The molecule has 3 rings (SSSR count). The molecule has 24 heavy (non-hydrogen) atoms. The second-order valence-corrected chi connectivity index (χ2v) is 5.98. The van der Waals surface area contributed by atoms with Crippen molar-refractivity contribution >= 4 is 11.8 Å². The number of carbonyl (C=O) groups is 2. The van der Waals surface area contributed by atoms with Crippen molar-refractivity contribution in [3.05, 3.63) is 48.5 Å². The second-order valence-electron chi connectivity index (χ2n) is 5.98. The molecule has 1 atom stereocenters. The highest BCUT2D eigenvalue weighted by Gasteiger charge is 2.45. The summed E-state index contributed by atoms with van der Waals surface area (Å²) in [5.41, 5.74) is -0.117. The van der Waals surface area contributed by atoms with Crippen LogP contribution in [0, 0.1) is 0 Å². The number of rotatable bonds is 4. The van der Waals surface area contributed by atoms with E-state index in [1.807, 2.05) is 18.2 Å². The molecule has 3 heterocycles. The van der Waals surface area contributed by atoms with Crippen molar-refractivity contribution in [3.8, 4) is 0 Å². The van der Waals surface area contributed by atoms with E-state index in [1.165, 1.54) is 0 Å². The van der Waals surface area contributed by atoms with Crippen LogP contribution in [-0.2, 0) is 21.5 Å². The fourth-order valence-corrected chi connectivity index (χ4v) is 3.25. The van der Waals surface area contributed by atoms with Crippen molar-refractivity contribution in [2.24, 2.45) is 0 Å². The Balaban J connectivity index is 1.81. The molecular formula is C17H21N5O2. The Morgan fingerprint density at radius 3 is 2.83 bits per heavy atom. The van der Waals surface area contributed by atoms with Gasteiger partial charge in [0.25, 0.3) is 0 Å². The van der Waals surface area contributed by atoms with Gasteiger partial charge in [0, 0.05) is 37.9 Å². The molecular weight excluding hydrogens is 306 g/mol. The number of amides is 2. The van der Waals surface area contributed by atoms with Gasteiger partial charge >= 0.3 is 0 Å². The van der Waals surface area contributed by atoms with E-state index in [9.17, 15) is 9.59 Å². The van der Waals surface area contributed by atoms with Gasteiger partial charge < -0.3 is 10.2 Å². The standard InChI is InChI=1S/C17H21N5O2/c1-18-16(24)17(22-11-5-9-20-22)7-4-10-21(13-17)15(23)12-14-6-2-3-8-19-14/h2-3,5-6,8-9,11H,4,7,10,12-13H2,1H3,(H,18,24). The average Bonchev–Trinajstić information content (AvgIpc) is 3.17. The molecule has 126 valence electrons. The fraction of sp³-hybridized carbons (Fsp3) is 0.412. The first-order valence-electron chi connectivity index (χ1n) is 8.06. The number of piperidine rings is 1. The number of aromatic nitrogens is 3. The Bertz CT molecular complexity index is 701. The van der Waals surface area contributed by atoms with E-state index in [-0.39, 0.29) is 18.2 Å². The maximum absolute atomic E-state index is 12.7. The molecule has 0 radical (unpaired) electrons. The van der Waals surface area contributed by atoms with Crippen molar-refractivity contribution in [1.82, 2.24) is 25.0 Å². The van der Waals surface area contributed by atoms with Crippen LogP contribution in [0.1, 0.15) is 18.5 Å². The van der Waals surface area contributed by atoms with Crippen molar-refractivity contribution in [1.29, 1.82) is 0 Å². The Kier molecular flexibility index (Phi) is 4.59. The van der Waals surface area contributed by atoms with E-state index in [4.69, 9.17) is 0 Å². The summed E-state index contributed by atoms with van der Waals surface area (Å²) in [4.78, 5) is 31.2. The molecule has 1 N–H and O–H groups in total. The first-order chi connectivity index (χ1) is 11.7. The SMILES string of the molecule is CNC(=O)C1(n2cccn2)CCCN(C(=O)Cc2ccccn2)C1. The minimum absolute atomic E-state index is 0.0196. The topological polar surface area (TPSA) is 80.1 Å². The number of nitrogens with zero attached hydrogens (tertiary/aromatic N) is 4. The third-order valence-electron chi connectivity index (χ3n) is 4.47. The normalized spacial score (nSPS) is 20.6. The van der Waals surface area contributed by atoms with Crippen molar-refractivity contribution in [2.45, 2.75) is 24.8 Å². The van der Waals surface area contributed by atoms with Gasteiger partial charge in [0.2, 0.25) is 11.8 Å². The number of pyridine rings is 1. The number of likely N-dealkylation sites (N-methyl/N-ethyl adjacent to an activating group) is 1. The number of hydrogen-bond donors (Lipinski definition) is 1. The van der Waals surface area contributed by atoms with E-state index in [2.05, 4.69) is 15.4 Å². The Labute approximate surface area is 140 Å². The van der Waals surface area contributed by atoms with Crippen LogP contribution < -0.4 is 5.32 Å². The van der Waals surface area contributed by atoms with Gasteiger partial charge in [-0.05, 0) is 31.0 Å². The molecule has 0 spiro atoms. The third-order valence-corrected chi connectivity index (χ3v) is 4.47. The van der Waals surface area contributed by atoms with Gasteiger partial charge in [-0.15, -0.1) is 0 Å². The Hall–Kier alpha value is -2.70. The summed E-state index contributed by atoms with van der Waals surface area (Å²) in [5, 5.41) is 6.99. The molecule has 0 saturated carbocycles. The number of likely N-dealkylation sites (tertiary alicyclic amines) is 1. The molecule has 1 aliphatic rings. The largest absolute Gasteiger partial charge is 0.357 e. The van der Waals surface area contributed by atoms with Gasteiger partial charge in [-0.1, -0.05) is 6.07 Å². The zero-order valence-corrected chi connectivity index (χ0v) is 13.7. The van der Waals surface area contributed by atoms with Crippen molar-refractivity contribution < 1.29 is 9.59 Å². The van der Waals surface area contributed by atoms with Crippen molar-refractivity contribution in [2.75, 3.05) is 20.1 Å². The fourth-order valence-electron chi connectivity index (χ4n) is 3.25. The van der Waals surface area contributed by atoms with Gasteiger partial charge in [-0.25, -0.2) is 0 Å². The summed E-state index contributed by atoms with van der Waals surface area (Å²) in [5.74, 6) is -0.143. The molecule has 0 bridgehead atoms. The lowest BCUT2D eigenvalue weighted by molar-refractivity contribution is -0.140. The molecule has 2 amide bonds. The monoisotopic (exact) mass is 327 g/mol. The molecule has 1 saturated heterocycles. The molecule has 7 nitrogen and oxygen atoms in total. The minimum atomic E-state index is -0.851. The maximum Gasteiger partial charge on any atom is 0.249 e. The molecule has 2 aromatic heterocycles. The predicted octanol–water partition coefficient (Wildman–Crippen LogP) is 0.584. The average molecular weight is 327 g/mol. The zero-order chi connectivity index (χ0) is 17.0. The van der Waals surface area contributed by atoms with Crippen LogP contribution in [0.15, 0.2) is 42.9 Å². The van der Waals surface area contributed by atoms with Gasteiger partial charge in [-0.2, -0.15) is 5.10 Å². The van der Waals surface area contributed by atoms with E-state index < -0.39 is 5.54 Å². The maximum atomic E-state index is 12.7. The minimum Gasteiger partial charge on any atom is -0.357 e. The highest BCUT2D eigenvalue weighted by Crippen LogP contribution is 2.29. The van der Waals surface area contributed by atoms with Crippen LogP contribution in [-0.4, -0.2) is 51.6 Å². The first kappa shape index (κ1) is 16.2. The highest BCUT2D eigenvalue weighted by atomic mass is 16.2. The molecule has 1 unspecified atom stereocenters. The number of carbonyl (C=O) groups excluding carboxylic acids is 2. The summed E-state index contributed by atoms with van der Waals surface area (Å²) < 4.78 is 1.67. The summed E-state index contributed by atoms with van der Waals surface area (Å²) in [6, 6.07) is 7.31. The van der Waals surface area contributed by atoms with Gasteiger partial charge in [0.1, 0.15) is 0 Å². The predicted molar refractivity (Wildman–Crippen MR) is 88.0 cm³/mol. The van der Waals surface area contributed by atoms with Crippen LogP contribution in [0.5, 0.6) is 0 Å². The van der Waals surface area contributed by atoms with Gasteiger partial charge in [0.15, 0.2) is 5.54 Å². The van der Waals surface area contributed by atoms with E-state index in [0.717, 1.165) is 12.1 Å². The smallest absolute Gasteiger partial charge is 0.249 e. The van der Waals surface area contributed by atoms with E-state index in [1.54, 1.807) is 41.3 Å². The first-order valence-corrected chi connectivity index (χ1v) is 8.06. The Morgan fingerprint density at radius 1 is 1.29 bits per heavy atom. The summed E-state index contributed by atoms with van der Waals surface area (Å²) in [7, 11) is 1.61. The molecule has 1 aliphatic heterocycles. The van der Waals surface area contributed by atoms with E-state index >= 15 is 0 Å². The van der Waals surface area contributed by atoms with Crippen LogP contribution in [0.2, 0.25) is 0 Å². The lowest BCUT2D eigenvalue weighted by Crippen LogP contribution is -2.59. The van der Waals surface area contributed by atoms with Crippen LogP contribution in [0.4, 0.5) is 0 Å².